The topological polar surface area (TPSA) is 26.3 Å². The van der Waals surface area contributed by atoms with Gasteiger partial charge in [0.05, 0.1) is 5.56 Å². The molecule has 0 unspecified atom stereocenters. The number of halogens is 2. The number of benzene rings is 1. The van der Waals surface area contributed by atoms with Crippen molar-refractivity contribution in [2.45, 2.75) is 0 Å². The van der Waals surface area contributed by atoms with Gasteiger partial charge in [-0.3, -0.25) is 0 Å². The van der Waals surface area contributed by atoms with E-state index < -0.39 is 5.97 Å². The quantitative estimate of drug-likeness (QED) is 0.605. The van der Waals surface area contributed by atoms with E-state index in [4.69, 9.17) is 4.74 Å². The Kier molecular flexibility index (Phi) is 3.89. The maximum atomic E-state index is 12.4. The molecule has 1 aromatic carbocycles. The van der Waals surface area contributed by atoms with Crippen molar-refractivity contribution in [2.75, 3.05) is 11.9 Å². The molecule has 0 saturated carbocycles. The molecule has 0 heterocycles. The van der Waals surface area contributed by atoms with Gasteiger partial charge in [0.2, 0.25) is 0 Å². The first-order chi connectivity index (χ1) is 6.24. The molecule has 1 aromatic rings. The van der Waals surface area contributed by atoms with Crippen molar-refractivity contribution in [3.8, 4) is 0 Å². The average Bonchev–Trinajstić information content (AvgIpc) is 2.15. The Bertz CT molecular complexity index is 284. The van der Waals surface area contributed by atoms with Gasteiger partial charge in [0.25, 0.3) is 0 Å². The summed E-state index contributed by atoms with van der Waals surface area (Å²) in [6.07, 6.45) is 0. The molecule has 0 spiro atoms. The summed E-state index contributed by atoms with van der Waals surface area (Å²) in [6, 6.07) is 5.24. The van der Waals surface area contributed by atoms with E-state index in [0.29, 0.717) is 17.5 Å². The van der Waals surface area contributed by atoms with Crippen LogP contribution >= 0.6 is 15.9 Å². The third kappa shape index (κ3) is 3.14. The summed E-state index contributed by atoms with van der Waals surface area (Å²) in [4.78, 5) is 11.1. The van der Waals surface area contributed by atoms with E-state index in [0.717, 1.165) is 0 Å². The Morgan fingerprint density at radius 2 is 2.00 bits per heavy atom. The lowest BCUT2D eigenvalue weighted by Gasteiger charge is -2.01. The molecule has 0 aromatic heterocycles. The van der Waals surface area contributed by atoms with Gasteiger partial charge < -0.3 is 4.74 Å². The Morgan fingerprint density at radius 3 is 2.54 bits per heavy atom. The van der Waals surface area contributed by atoms with Crippen molar-refractivity contribution < 1.29 is 13.9 Å². The second-order valence-corrected chi connectivity index (χ2v) is 3.12. The highest BCUT2D eigenvalue weighted by Crippen LogP contribution is 2.04. The van der Waals surface area contributed by atoms with E-state index in [1.807, 2.05) is 0 Å². The van der Waals surface area contributed by atoms with Crippen molar-refractivity contribution in [1.82, 2.24) is 0 Å². The Hall–Kier alpha value is -0.900. The molecule has 0 radical (unpaired) electrons. The molecular formula is C9H8BrFO2. The average molecular weight is 247 g/mol. The Morgan fingerprint density at radius 1 is 1.38 bits per heavy atom. The fraction of sp³-hybridized carbons (Fsp3) is 0.222. The van der Waals surface area contributed by atoms with Crippen molar-refractivity contribution in [1.29, 1.82) is 0 Å². The summed E-state index contributed by atoms with van der Waals surface area (Å²) in [5, 5.41) is 0.597. The van der Waals surface area contributed by atoms with Gasteiger partial charge in [0.1, 0.15) is 12.4 Å². The van der Waals surface area contributed by atoms with Gasteiger partial charge in [0.15, 0.2) is 0 Å². The van der Waals surface area contributed by atoms with E-state index >= 15 is 0 Å². The molecule has 0 aliphatic rings. The maximum absolute atomic E-state index is 12.4. The van der Waals surface area contributed by atoms with Crippen molar-refractivity contribution >= 4 is 21.9 Å². The van der Waals surface area contributed by atoms with Crippen LogP contribution in [0.25, 0.3) is 0 Å². The van der Waals surface area contributed by atoms with Gasteiger partial charge in [-0.05, 0) is 24.3 Å². The minimum atomic E-state index is -0.431. The monoisotopic (exact) mass is 246 g/mol. The van der Waals surface area contributed by atoms with Crippen molar-refractivity contribution in [3.63, 3.8) is 0 Å². The second-order valence-electron chi connectivity index (χ2n) is 2.33. The molecule has 1 rings (SSSR count). The number of esters is 1. The van der Waals surface area contributed by atoms with Crippen LogP contribution in [-0.4, -0.2) is 17.9 Å². The minimum Gasteiger partial charge on any atom is -0.461 e. The van der Waals surface area contributed by atoms with E-state index in [9.17, 15) is 9.18 Å². The van der Waals surface area contributed by atoms with Gasteiger partial charge in [0, 0.05) is 5.33 Å². The maximum Gasteiger partial charge on any atom is 0.338 e. The van der Waals surface area contributed by atoms with E-state index in [-0.39, 0.29) is 5.82 Å². The molecule has 4 heteroatoms. The predicted octanol–water partition coefficient (Wildman–Crippen LogP) is 2.38. The second kappa shape index (κ2) is 4.97. The summed E-state index contributed by atoms with van der Waals surface area (Å²) in [5.41, 5.74) is 0.363. The van der Waals surface area contributed by atoms with Gasteiger partial charge in [-0.15, -0.1) is 0 Å². The molecule has 0 aliphatic heterocycles. The highest BCUT2D eigenvalue weighted by atomic mass is 79.9. The van der Waals surface area contributed by atoms with Crippen LogP contribution in [0, 0.1) is 5.82 Å². The van der Waals surface area contributed by atoms with E-state index in [2.05, 4.69) is 15.9 Å². The summed E-state index contributed by atoms with van der Waals surface area (Å²) < 4.78 is 17.3. The predicted molar refractivity (Wildman–Crippen MR) is 50.5 cm³/mol. The minimum absolute atomic E-state index is 0.316. The van der Waals surface area contributed by atoms with E-state index in [1.54, 1.807) is 0 Å². The van der Waals surface area contributed by atoms with Crippen molar-refractivity contribution in [2.24, 2.45) is 0 Å². The zero-order chi connectivity index (χ0) is 9.68. The first-order valence-electron chi connectivity index (χ1n) is 3.72. The van der Waals surface area contributed by atoms with Crippen LogP contribution in [0.4, 0.5) is 4.39 Å². The number of carbonyl (C=O) groups excluding carboxylic acids is 1. The van der Waals surface area contributed by atoms with Crippen LogP contribution in [0.3, 0.4) is 0 Å². The molecule has 0 atom stereocenters. The lowest BCUT2D eigenvalue weighted by Crippen LogP contribution is -2.06. The van der Waals surface area contributed by atoms with Crippen molar-refractivity contribution in [3.05, 3.63) is 35.6 Å². The van der Waals surface area contributed by atoms with Crippen LogP contribution in [0.5, 0.6) is 0 Å². The summed E-state index contributed by atoms with van der Waals surface area (Å²) >= 11 is 3.12. The smallest absolute Gasteiger partial charge is 0.338 e. The van der Waals surface area contributed by atoms with Crippen LogP contribution < -0.4 is 0 Å². The number of carbonyl (C=O) groups is 1. The van der Waals surface area contributed by atoms with Gasteiger partial charge >= 0.3 is 5.97 Å². The standard InChI is InChI=1S/C9H8BrFO2/c10-5-6-13-9(12)7-1-3-8(11)4-2-7/h1-4H,5-6H2. The third-order valence-electron chi connectivity index (χ3n) is 1.39. The fourth-order valence-electron chi connectivity index (χ4n) is 0.801. The number of hydrogen-bond acceptors (Lipinski definition) is 2. The molecule has 0 amide bonds. The zero-order valence-electron chi connectivity index (χ0n) is 6.80. The Labute approximate surface area is 83.8 Å². The number of ether oxygens (including phenoxy) is 1. The first-order valence-corrected chi connectivity index (χ1v) is 4.85. The summed E-state index contributed by atoms with van der Waals surface area (Å²) in [6.45, 7) is 0.316. The van der Waals surface area contributed by atoms with E-state index in [1.165, 1.54) is 24.3 Å². The molecular weight excluding hydrogens is 239 g/mol. The third-order valence-corrected chi connectivity index (χ3v) is 1.71. The summed E-state index contributed by atoms with van der Waals surface area (Å²) in [7, 11) is 0. The lowest BCUT2D eigenvalue weighted by molar-refractivity contribution is 0.0531. The fourth-order valence-corrected chi connectivity index (χ4v) is 0.962. The molecule has 2 nitrogen and oxygen atoms in total. The summed E-state index contributed by atoms with van der Waals surface area (Å²) in [5.74, 6) is -0.795. The molecule has 0 aliphatic carbocycles. The Balaban J connectivity index is 2.61. The van der Waals surface area contributed by atoms with Crippen LogP contribution in [0.2, 0.25) is 0 Å². The van der Waals surface area contributed by atoms with Crippen LogP contribution in [0.15, 0.2) is 24.3 Å². The number of alkyl halides is 1. The largest absolute Gasteiger partial charge is 0.461 e. The van der Waals surface area contributed by atoms with Gasteiger partial charge in [-0.2, -0.15) is 0 Å². The SMILES string of the molecule is O=C(OCCBr)c1ccc(F)cc1. The molecule has 0 bridgehead atoms. The number of hydrogen-bond donors (Lipinski definition) is 0. The molecule has 0 fully saturated rings. The first kappa shape index (κ1) is 10.2. The molecule has 13 heavy (non-hydrogen) atoms. The van der Waals surface area contributed by atoms with Gasteiger partial charge in [-0.1, -0.05) is 15.9 Å². The molecule has 0 saturated heterocycles. The number of rotatable bonds is 3. The van der Waals surface area contributed by atoms with Crippen LogP contribution in [0.1, 0.15) is 10.4 Å². The molecule has 70 valence electrons. The zero-order valence-corrected chi connectivity index (χ0v) is 8.38. The molecule has 0 N–H and O–H groups in total. The highest BCUT2D eigenvalue weighted by Gasteiger charge is 2.05. The van der Waals surface area contributed by atoms with Crippen LogP contribution in [-0.2, 0) is 4.74 Å². The normalized spacial score (nSPS) is 9.69. The highest BCUT2D eigenvalue weighted by molar-refractivity contribution is 9.09. The van der Waals surface area contributed by atoms with Gasteiger partial charge in [-0.25, -0.2) is 9.18 Å². The lowest BCUT2D eigenvalue weighted by atomic mass is 10.2.